The fourth-order valence-electron chi connectivity index (χ4n) is 5.72. The highest BCUT2D eigenvalue weighted by atomic mass is 19.1. The molecule has 1 unspecified atom stereocenters. The smallest absolute Gasteiger partial charge is 0.337 e. The third-order valence-electron chi connectivity index (χ3n) is 8.42. The molecule has 2 aliphatic rings. The van der Waals surface area contributed by atoms with Crippen LogP contribution in [0, 0.1) is 18.2 Å². The van der Waals surface area contributed by atoms with Crippen molar-refractivity contribution < 1.29 is 23.8 Å². The third-order valence-corrected chi connectivity index (χ3v) is 8.42. The average molecular weight is 604 g/mol. The zero-order valence-electron chi connectivity index (χ0n) is 26.9. The van der Waals surface area contributed by atoms with Gasteiger partial charge in [-0.25, -0.2) is 14.2 Å². The number of anilines is 2. The van der Waals surface area contributed by atoms with E-state index in [9.17, 15) is 14.3 Å². The molecule has 1 atom stereocenters. The number of nitrogens with zero attached hydrogens (tertiary/aromatic N) is 2. The highest BCUT2D eigenvalue weighted by Crippen LogP contribution is 2.47. The molecule has 1 aromatic heterocycles. The number of benzene rings is 2. The van der Waals surface area contributed by atoms with E-state index in [1.807, 2.05) is 52.0 Å². The lowest BCUT2D eigenvalue weighted by atomic mass is 9.82. The van der Waals surface area contributed by atoms with Crippen LogP contribution in [0.5, 0.6) is 5.75 Å². The predicted octanol–water partition coefficient (Wildman–Crippen LogP) is 7.96. The summed E-state index contributed by atoms with van der Waals surface area (Å²) in [6.07, 6.45) is 3.66. The van der Waals surface area contributed by atoms with Crippen molar-refractivity contribution in [3.63, 3.8) is 0 Å². The Morgan fingerprint density at radius 3 is 2.30 bits per heavy atom. The monoisotopic (exact) mass is 603 g/mol. The number of carbonyl (C=O) groups is 1. The van der Waals surface area contributed by atoms with E-state index in [0.29, 0.717) is 30.3 Å². The first-order valence-corrected chi connectivity index (χ1v) is 15.7. The number of piperidine rings is 1. The number of nitrogens with one attached hydrogen (secondary N) is 1. The number of rotatable bonds is 11. The van der Waals surface area contributed by atoms with E-state index in [0.717, 1.165) is 72.7 Å². The number of carboxylic acid groups (broad SMARTS) is 1. The summed E-state index contributed by atoms with van der Waals surface area (Å²) in [6.45, 7) is 14.2. The molecule has 2 heterocycles. The van der Waals surface area contributed by atoms with E-state index in [1.54, 1.807) is 12.1 Å². The molecular weight excluding hydrogens is 557 g/mol. The summed E-state index contributed by atoms with van der Waals surface area (Å²) in [5, 5.41) is 14.1. The van der Waals surface area contributed by atoms with E-state index in [2.05, 4.69) is 24.1 Å². The van der Waals surface area contributed by atoms with Gasteiger partial charge in [0.05, 0.1) is 17.9 Å². The summed E-state index contributed by atoms with van der Waals surface area (Å²) >= 11 is 0. The second-order valence-electron chi connectivity index (χ2n) is 14.0. The Morgan fingerprint density at radius 2 is 1.73 bits per heavy atom. The van der Waals surface area contributed by atoms with Crippen molar-refractivity contribution in [3.8, 4) is 16.9 Å². The van der Waals surface area contributed by atoms with Gasteiger partial charge in [-0.05, 0) is 94.2 Å². The first kappa shape index (κ1) is 31.8. The van der Waals surface area contributed by atoms with Gasteiger partial charge in [0.25, 0.3) is 0 Å². The molecule has 236 valence electrons. The van der Waals surface area contributed by atoms with Crippen molar-refractivity contribution >= 4 is 17.5 Å². The maximum Gasteiger partial charge on any atom is 0.337 e. The SMILES string of the molecule is Cc1nc(NC2CC2)c(-c2ccc(OCCc3ccc(F)cc3)cc2)c(N2CCC(C)(C)CC2)c1C(OC(C)(C)C)C(=O)O. The summed E-state index contributed by atoms with van der Waals surface area (Å²) in [4.78, 5) is 20.2. The van der Waals surface area contributed by atoms with Gasteiger partial charge in [0.15, 0.2) is 6.10 Å². The summed E-state index contributed by atoms with van der Waals surface area (Å²) in [7, 11) is 0. The number of carboxylic acids is 1. The zero-order valence-corrected chi connectivity index (χ0v) is 26.9. The van der Waals surface area contributed by atoms with Gasteiger partial charge < -0.3 is 24.8 Å². The molecule has 1 aliphatic heterocycles. The molecule has 0 radical (unpaired) electrons. The van der Waals surface area contributed by atoms with Crippen molar-refractivity contribution in [2.75, 3.05) is 29.9 Å². The topological polar surface area (TPSA) is 83.9 Å². The van der Waals surface area contributed by atoms with Crippen LogP contribution in [0.15, 0.2) is 48.5 Å². The van der Waals surface area contributed by atoms with E-state index in [-0.39, 0.29) is 11.2 Å². The first-order valence-electron chi connectivity index (χ1n) is 15.7. The van der Waals surface area contributed by atoms with Gasteiger partial charge in [0.2, 0.25) is 0 Å². The number of aromatic nitrogens is 1. The van der Waals surface area contributed by atoms with E-state index in [1.165, 1.54) is 12.1 Å². The fourth-order valence-corrected chi connectivity index (χ4v) is 5.72. The largest absolute Gasteiger partial charge is 0.493 e. The molecule has 44 heavy (non-hydrogen) atoms. The van der Waals surface area contributed by atoms with Crippen molar-refractivity contribution in [3.05, 3.63) is 71.2 Å². The Bertz CT molecular complexity index is 1450. The molecule has 5 rings (SSSR count). The van der Waals surface area contributed by atoms with Crippen molar-refractivity contribution in [1.82, 2.24) is 4.98 Å². The van der Waals surface area contributed by atoms with Gasteiger partial charge >= 0.3 is 5.97 Å². The van der Waals surface area contributed by atoms with Gasteiger partial charge in [-0.2, -0.15) is 0 Å². The molecule has 0 bridgehead atoms. The standard InChI is InChI=1S/C36H46FN3O4/c1-23-29(32(34(41)42)44-35(2,3)4)31(40-20-18-36(5,6)19-21-40)30(33(38-23)39-27-13-14-27)25-9-15-28(16-10-25)43-22-17-24-7-11-26(37)12-8-24/h7-12,15-16,27,32H,13-14,17-22H2,1-6H3,(H,38,39)(H,41,42). The van der Waals surface area contributed by atoms with Crippen molar-refractivity contribution in [2.45, 2.75) is 91.4 Å². The lowest BCUT2D eigenvalue weighted by Crippen LogP contribution is -2.39. The second-order valence-corrected chi connectivity index (χ2v) is 14.0. The minimum absolute atomic E-state index is 0.217. The van der Waals surface area contributed by atoms with Crippen LogP contribution >= 0.6 is 0 Å². The summed E-state index contributed by atoms with van der Waals surface area (Å²) in [6, 6.07) is 14.8. The lowest BCUT2D eigenvalue weighted by Gasteiger charge is -2.41. The van der Waals surface area contributed by atoms with Crippen molar-refractivity contribution in [1.29, 1.82) is 0 Å². The quantitative estimate of drug-likeness (QED) is 0.230. The normalized spacial score (nSPS) is 17.3. The Balaban J connectivity index is 1.56. The van der Waals surface area contributed by atoms with Gasteiger partial charge in [-0.1, -0.05) is 38.1 Å². The summed E-state index contributed by atoms with van der Waals surface area (Å²) < 4.78 is 25.5. The lowest BCUT2D eigenvalue weighted by molar-refractivity contribution is -0.160. The number of hydrogen-bond donors (Lipinski definition) is 2. The van der Waals surface area contributed by atoms with Gasteiger partial charge in [-0.15, -0.1) is 0 Å². The Hall–Kier alpha value is -3.65. The molecule has 2 fully saturated rings. The molecule has 2 N–H and O–H groups in total. The predicted molar refractivity (Wildman–Crippen MR) is 173 cm³/mol. The van der Waals surface area contributed by atoms with Crippen LogP contribution in [0.3, 0.4) is 0 Å². The maximum atomic E-state index is 13.3. The van der Waals surface area contributed by atoms with Crippen molar-refractivity contribution in [2.24, 2.45) is 5.41 Å². The van der Waals surface area contributed by atoms with Crippen LogP contribution in [0.25, 0.3) is 11.1 Å². The molecule has 3 aromatic rings. The molecule has 0 amide bonds. The van der Waals surface area contributed by atoms with Crippen LogP contribution in [0.1, 0.15) is 83.2 Å². The Morgan fingerprint density at radius 1 is 1.09 bits per heavy atom. The number of hydrogen-bond acceptors (Lipinski definition) is 6. The molecule has 1 saturated heterocycles. The molecule has 2 aromatic carbocycles. The van der Waals surface area contributed by atoms with Crippen LogP contribution in [-0.4, -0.2) is 47.4 Å². The Kier molecular flexibility index (Phi) is 9.21. The molecule has 1 aliphatic carbocycles. The average Bonchev–Trinajstić information content (AvgIpc) is 3.77. The second kappa shape index (κ2) is 12.8. The molecule has 8 heteroatoms. The van der Waals surface area contributed by atoms with E-state index >= 15 is 0 Å². The van der Waals surface area contributed by atoms with E-state index < -0.39 is 17.7 Å². The number of halogens is 1. The minimum atomic E-state index is -1.17. The number of ether oxygens (including phenoxy) is 2. The summed E-state index contributed by atoms with van der Waals surface area (Å²) in [5.41, 5.74) is 4.56. The number of aryl methyl sites for hydroxylation is 1. The molecule has 0 spiro atoms. The highest BCUT2D eigenvalue weighted by Gasteiger charge is 2.37. The fraction of sp³-hybridized carbons (Fsp3) is 0.500. The molecule has 7 nitrogen and oxygen atoms in total. The highest BCUT2D eigenvalue weighted by molar-refractivity contribution is 5.92. The zero-order chi connectivity index (χ0) is 31.6. The van der Waals surface area contributed by atoms with Gasteiger partial charge in [0, 0.05) is 42.4 Å². The number of aliphatic carboxylic acids is 1. The maximum absolute atomic E-state index is 13.3. The van der Waals surface area contributed by atoms with Gasteiger partial charge in [0.1, 0.15) is 17.4 Å². The van der Waals surface area contributed by atoms with Crippen LogP contribution in [0.2, 0.25) is 0 Å². The van der Waals surface area contributed by atoms with Crippen LogP contribution < -0.4 is 15.0 Å². The minimum Gasteiger partial charge on any atom is -0.493 e. The van der Waals surface area contributed by atoms with E-state index in [4.69, 9.17) is 14.5 Å². The number of pyridine rings is 1. The summed E-state index contributed by atoms with van der Waals surface area (Å²) in [5.74, 6) is 0.232. The molecular formula is C36H46FN3O4. The van der Waals surface area contributed by atoms with Gasteiger partial charge in [-0.3, -0.25) is 0 Å². The Labute approximate surface area is 260 Å². The van der Waals surface area contributed by atoms with Crippen LogP contribution in [-0.2, 0) is 16.0 Å². The third kappa shape index (κ3) is 7.89. The molecule has 1 saturated carbocycles. The first-order chi connectivity index (χ1) is 20.8. The van der Waals surface area contributed by atoms with Crippen LogP contribution in [0.4, 0.5) is 15.9 Å².